The van der Waals surface area contributed by atoms with Crippen molar-refractivity contribution in [1.29, 1.82) is 0 Å². The summed E-state index contributed by atoms with van der Waals surface area (Å²) in [7, 11) is 0. The molecular weight excluding hydrogens is 301 g/mol. The number of nitrogens with zero attached hydrogens (tertiary/aromatic N) is 2. The SMILES string of the molecule is O=C1c2cnc(F)cc2CNc2ncc(Br)cc21. The van der Waals surface area contributed by atoms with Crippen molar-refractivity contribution in [3.05, 3.63) is 51.6 Å². The van der Waals surface area contributed by atoms with Gasteiger partial charge in [0.05, 0.1) is 5.56 Å². The lowest BCUT2D eigenvalue weighted by atomic mass is 10.0. The molecule has 0 spiro atoms. The Hall–Kier alpha value is -1.82. The monoisotopic (exact) mass is 307 g/mol. The van der Waals surface area contributed by atoms with E-state index in [0.29, 0.717) is 29.1 Å². The number of rotatable bonds is 0. The van der Waals surface area contributed by atoms with Crippen molar-refractivity contribution in [3.8, 4) is 0 Å². The summed E-state index contributed by atoms with van der Waals surface area (Å²) in [5.41, 5.74) is 1.45. The van der Waals surface area contributed by atoms with Gasteiger partial charge in [0.1, 0.15) is 5.82 Å². The van der Waals surface area contributed by atoms with E-state index >= 15 is 0 Å². The number of aromatic nitrogens is 2. The molecular formula is C12H7BrFN3O. The lowest BCUT2D eigenvalue weighted by molar-refractivity contribution is 0.103. The van der Waals surface area contributed by atoms with Crippen LogP contribution >= 0.6 is 15.9 Å². The lowest BCUT2D eigenvalue weighted by Crippen LogP contribution is -2.05. The van der Waals surface area contributed by atoms with Gasteiger partial charge in [-0.3, -0.25) is 4.79 Å². The highest BCUT2D eigenvalue weighted by atomic mass is 79.9. The average molecular weight is 308 g/mol. The van der Waals surface area contributed by atoms with Gasteiger partial charge in [-0.05, 0) is 33.6 Å². The van der Waals surface area contributed by atoms with Gasteiger partial charge >= 0.3 is 0 Å². The topological polar surface area (TPSA) is 54.9 Å². The maximum Gasteiger partial charge on any atom is 0.213 e. The molecule has 1 aliphatic heterocycles. The van der Waals surface area contributed by atoms with Crippen LogP contribution in [0.1, 0.15) is 21.5 Å². The van der Waals surface area contributed by atoms with Crippen molar-refractivity contribution >= 4 is 27.5 Å². The average Bonchev–Trinajstić information content (AvgIpc) is 2.48. The van der Waals surface area contributed by atoms with Crippen LogP contribution in [0, 0.1) is 5.95 Å². The lowest BCUT2D eigenvalue weighted by Gasteiger charge is -2.04. The Morgan fingerprint density at radius 3 is 2.89 bits per heavy atom. The van der Waals surface area contributed by atoms with Gasteiger partial charge in [-0.1, -0.05) is 0 Å². The third-order valence-electron chi connectivity index (χ3n) is 2.75. The van der Waals surface area contributed by atoms with Crippen molar-refractivity contribution in [2.75, 3.05) is 5.32 Å². The van der Waals surface area contributed by atoms with E-state index in [1.165, 1.54) is 12.3 Å². The van der Waals surface area contributed by atoms with Gasteiger partial charge in [0.2, 0.25) is 5.95 Å². The summed E-state index contributed by atoms with van der Waals surface area (Å²) in [4.78, 5) is 20.0. The Balaban J connectivity index is 2.20. The first-order valence-electron chi connectivity index (χ1n) is 5.23. The van der Waals surface area contributed by atoms with Crippen LogP contribution in [-0.4, -0.2) is 15.8 Å². The summed E-state index contributed by atoms with van der Waals surface area (Å²) in [6, 6.07) is 2.96. The van der Waals surface area contributed by atoms with Gasteiger partial charge in [-0.2, -0.15) is 4.39 Å². The van der Waals surface area contributed by atoms with Crippen LogP contribution in [0.3, 0.4) is 0 Å². The quantitative estimate of drug-likeness (QED) is 0.760. The highest BCUT2D eigenvalue weighted by Gasteiger charge is 2.22. The maximum atomic E-state index is 13.1. The van der Waals surface area contributed by atoms with Gasteiger partial charge in [-0.15, -0.1) is 0 Å². The molecule has 1 aliphatic rings. The van der Waals surface area contributed by atoms with E-state index in [1.54, 1.807) is 12.3 Å². The fourth-order valence-corrected chi connectivity index (χ4v) is 2.23. The number of hydrogen-bond donors (Lipinski definition) is 1. The van der Waals surface area contributed by atoms with Crippen LogP contribution in [0.15, 0.2) is 29.0 Å². The van der Waals surface area contributed by atoms with E-state index in [9.17, 15) is 9.18 Å². The number of pyridine rings is 2. The molecule has 2 aromatic heterocycles. The number of halogens is 2. The normalized spacial score (nSPS) is 13.3. The van der Waals surface area contributed by atoms with Crippen LogP contribution in [0.2, 0.25) is 0 Å². The molecule has 0 unspecified atom stereocenters. The minimum absolute atomic E-state index is 0.202. The van der Waals surface area contributed by atoms with E-state index < -0.39 is 5.95 Å². The molecule has 3 rings (SSSR count). The fraction of sp³-hybridized carbons (Fsp3) is 0.0833. The van der Waals surface area contributed by atoms with Crippen LogP contribution in [0.4, 0.5) is 10.2 Å². The summed E-state index contributed by atoms with van der Waals surface area (Å²) in [6.07, 6.45) is 2.87. The van der Waals surface area contributed by atoms with Crippen LogP contribution in [0.5, 0.6) is 0 Å². The zero-order valence-corrected chi connectivity index (χ0v) is 10.7. The van der Waals surface area contributed by atoms with E-state index in [0.717, 1.165) is 4.47 Å². The van der Waals surface area contributed by atoms with E-state index in [4.69, 9.17) is 0 Å². The number of carbonyl (C=O) groups is 1. The van der Waals surface area contributed by atoms with Crippen LogP contribution < -0.4 is 5.32 Å². The number of fused-ring (bicyclic) bond motifs is 2. The second-order valence-corrected chi connectivity index (χ2v) is 4.81. The third kappa shape index (κ3) is 1.78. The minimum Gasteiger partial charge on any atom is -0.365 e. The number of nitrogens with one attached hydrogen (secondary N) is 1. The van der Waals surface area contributed by atoms with Gasteiger partial charge in [-0.25, -0.2) is 9.97 Å². The van der Waals surface area contributed by atoms with Gasteiger partial charge < -0.3 is 5.32 Å². The molecule has 0 atom stereocenters. The second-order valence-electron chi connectivity index (χ2n) is 3.90. The summed E-state index contributed by atoms with van der Waals surface area (Å²) in [5, 5.41) is 3.02. The molecule has 0 radical (unpaired) electrons. The van der Waals surface area contributed by atoms with E-state index in [2.05, 4.69) is 31.2 Å². The van der Waals surface area contributed by atoms with E-state index in [1.807, 2.05) is 0 Å². The summed E-state index contributed by atoms with van der Waals surface area (Å²) >= 11 is 3.28. The zero-order valence-electron chi connectivity index (χ0n) is 9.08. The van der Waals surface area contributed by atoms with Crippen molar-refractivity contribution in [1.82, 2.24) is 9.97 Å². The standard InChI is InChI=1S/C12H7BrFN3O/c13-7-2-8-11(18)9-5-15-10(14)1-6(9)3-16-12(8)17-4-7/h1-2,4-5H,3H2,(H,16,17). The molecule has 18 heavy (non-hydrogen) atoms. The van der Waals surface area contributed by atoms with Crippen molar-refractivity contribution in [3.63, 3.8) is 0 Å². The van der Waals surface area contributed by atoms with Crippen molar-refractivity contribution < 1.29 is 9.18 Å². The van der Waals surface area contributed by atoms with Crippen molar-refractivity contribution in [2.24, 2.45) is 0 Å². The Bertz CT molecular complexity index is 660. The molecule has 6 heteroatoms. The molecule has 2 aromatic rings. The Morgan fingerprint density at radius 1 is 1.22 bits per heavy atom. The first kappa shape index (κ1) is 11.3. The number of anilines is 1. The number of ketones is 1. The third-order valence-corrected chi connectivity index (χ3v) is 3.18. The molecule has 3 heterocycles. The predicted molar refractivity (Wildman–Crippen MR) is 66.9 cm³/mol. The second kappa shape index (κ2) is 4.13. The summed E-state index contributed by atoms with van der Waals surface area (Å²) < 4.78 is 13.8. The molecule has 0 amide bonds. The van der Waals surface area contributed by atoms with Crippen molar-refractivity contribution in [2.45, 2.75) is 6.54 Å². The maximum absolute atomic E-state index is 13.1. The van der Waals surface area contributed by atoms with Gasteiger partial charge in [0, 0.05) is 29.0 Å². The molecule has 0 aliphatic carbocycles. The van der Waals surface area contributed by atoms with E-state index in [-0.39, 0.29) is 5.78 Å². The molecule has 4 nitrogen and oxygen atoms in total. The molecule has 90 valence electrons. The molecule has 0 aromatic carbocycles. The Morgan fingerprint density at radius 2 is 2.06 bits per heavy atom. The fourth-order valence-electron chi connectivity index (χ4n) is 1.90. The first-order valence-corrected chi connectivity index (χ1v) is 6.03. The van der Waals surface area contributed by atoms with Gasteiger partial charge in [0.15, 0.2) is 5.78 Å². The smallest absolute Gasteiger partial charge is 0.213 e. The minimum atomic E-state index is -0.594. The predicted octanol–water partition coefficient (Wildman–Crippen LogP) is 2.53. The Kier molecular flexibility index (Phi) is 2.59. The number of hydrogen-bond acceptors (Lipinski definition) is 4. The highest BCUT2D eigenvalue weighted by Crippen LogP contribution is 2.26. The largest absolute Gasteiger partial charge is 0.365 e. The molecule has 0 fully saturated rings. The van der Waals surface area contributed by atoms with Crippen LogP contribution in [-0.2, 0) is 6.54 Å². The molecule has 0 saturated carbocycles. The zero-order chi connectivity index (χ0) is 12.7. The van der Waals surface area contributed by atoms with Gasteiger partial charge in [0.25, 0.3) is 0 Å². The first-order chi connectivity index (χ1) is 8.65. The Labute approximate surface area is 110 Å². The summed E-state index contributed by atoms with van der Waals surface area (Å²) in [5.74, 6) is -0.297. The molecule has 0 bridgehead atoms. The number of carbonyl (C=O) groups excluding carboxylic acids is 1. The molecule has 0 saturated heterocycles. The highest BCUT2D eigenvalue weighted by molar-refractivity contribution is 9.10. The summed E-state index contributed by atoms with van der Waals surface area (Å²) in [6.45, 7) is 0.349. The van der Waals surface area contributed by atoms with Crippen LogP contribution in [0.25, 0.3) is 0 Å². The molecule has 1 N–H and O–H groups in total.